The molecule has 9 heterocycles. The molecule has 9 saturated heterocycles. The fourth-order valence-corrected chi connectivity index (χ4v) is 18.4. The molecule has 0 spiro atoms. The van der Waals surface area contributed by atoms with Crippen LogP contribution in [0.5, 0.6) is 0 Å². The first kappa shape index (κ1) is 67.5. The van der Waals surface area contributed by atoms with Crippen molar-refractivity contribution in [1.82, 2.24) is 0 Å². The first-order valence-electron chi connectivity index (χ1n) is 32.7. The quantitative estimate of drug-likeness (QED) is 0.0467. The summed E-state index contributed by atoms with van der Waals surface area (Å²) in [5.74, 6) is -0.706. The van der Waals surface area contributed by atoms with E-state index in [4.69, 9.17) is 95.0 Å². The van der Waals surface area contributed by atoms with Gasteiger partial charge in [0.25, 0.3) is 0 Å². The van der Waals surface area contributed by atoms with Crippen LogP contribution in [0.4, 0.5) is 0 Å². The molecule has 12 rings (SSSR count). The van der Waals surface area contributed by atoms with Crippen molar-refractivity contribution in [2.24, 2.45) is 34.5 Å². The lowest BCUT2D eigenvalue weighted by molar-refractivity contribution is -0.447. The van der Waals surface area contributed by atoms with Crippen LogP contribution in [0.1, 0.15) is 132 Å². The van der Waals surface area contributed by atoms with E-state index in [1.807, 2.05) is 13.8 Å². The zero-order valence-electron chi connectivity index (χ0n) is 53.3. The number of methoxy groups -OCH3 is 3. The van der Waals surface area contributed by atoms with Crippen LogP contribution in [-0.4, -0.2) is 255 Å². The zero-order valence-corrected chi connectivity index (χ0v) is 53.3. The molecule has 9 aliphatic heterocycles. The van der Waals surface area contributed by atoms with Crippen LogP contribution in [0.25, 0.3) is 0 Å². The van der Waals surface area contributed by atoms with E-state index in [0.29, 0.717) is 19.6 Å². The van der Waals surface area contributed by atoms with E-state index in [1.54, 1.807) is 35.0 Å². The molecule has 6 N–H and O–H groups in total. The third-order valence-corrected chi connectivity index (χ3v) is 22.7. The molecule has 0 aromatic carbocycles. The number of carbonyl (C=O) groups excluding carboxylic acids is 1. The molecule has 1 unspecified atom stereocenters. The molecule has 2 bridgehead atoms. The molecule has 89 heavy (non-hydrogen) atoms. The molecule has 3 aliphatic carbocycles. The predicted molar refractivity (Wildman–Crippen MR) is 300 cm³/mol. The minimum atomic E-state index is -1.62. The number of rotatable bonds is 19. The van der Waals surface area contributed by atoms with E-state index >= 15 is 0 Å². The second-order valence-corrected chi connectivity index (χ2v) is 28.0. The Bertz CT molecular complexity index is 2360. The maximum atomic E-state index is 12.5. The van der Waals surface area contributed by atoms with Gasteiger partial charge in [-0.15, -0.1) is 0 Å². The van der Waals surface area contributed by atoms with E-state index in [-0.39, 0.29) is 78.4 Å². The van der Waals surface area contributed by atoms with Gasteiger partial charge in [-0.25, -0.2) is 9.78 Å². The van der Waals surface area contributed by atoms with Crippen LogP contribution in [0, 0.1) is 34.5 Å². The highest BCUT2D eigenvalue weighted by Gasteiger charge is 2.83. The van der Waals surface area contributed by atoms with Gasteiger partial charge in [0.15, 0.2) is 49.3 Å². The standard InChI is InChI=1S/C62H100O27/c1-27-52(82-44-19-37(65)53(28(2)75-44)83-47-21-39(70-9)55(30(4)77-47)85-58-51(69)50(68)49(67)42(24-63)81-58)38(66)20-45(76-27)84-54-29(3)79-48(23-40(54)71-10)87-88-56-31(5)78-46(22-41(56)72-11)80-34-14-17-61(26-73-32(6)64)33(18-34)12-13-36-35(61)15-16-59(7)57-43-25-74-60(57,8)89-62(36,59)86-43/h27-31,33-58,63,65-69H,12-26H2,1-11H3/t27-,28-,29-,30-,31-,33?,34+,35+,36-,37+,38-,39-,40+,41+,42-,43-,44+,45+,46+,47+,48+,49-,50+,51-,52-,53-,54-,55-,56-,57+,58+,59-,60-,61-,62+/m1/s1. The highest BCUT2D eigenvalue weighted by atomic mass is 17.2. The van der Waals surface area contributed by atoms with Crippen LogP contribution < -0.4 is 0 Å². The first-order chi connectivity index (χ1) is 42.4. The molecule has 0 amide bonds. The lowest BCUT2D eigenvalue weighted by atomic mass is 9.45. The normalized spacial score (nSPS) is 54.7. The molecule has 0 aromatic heterocycles. The number of aliphatic hydroxyl groups excluding tert-OH is 6. The molecule has 0 radical (unpaired) electrons. The van der Waals surface area contributed by atoms with Crippen molar-refractivity contribution >= 4 is 5.97 Å². The minimum Gasteiger partial charge on any atom is -0.465 e. The maximum absolute atomic E-state index is 12.5. The Morgan fingerprint density at radius 2 is 1.09 bits per heavy atom. The summed E-state index contributed by atoms with van der Waals surface area (Å²) in [5, 5.41) is 63.7. The molecular formula is C62H100O27. The van der Waals surface area contributed by atoms with E-state index in [2.05, 4.69) is 13.8 Å². The highest BCUT2D eigenvalue weighted by Crippen LogP contribution is 2.76. The summed E-state index contributed by atoms with van der Waals surface area (Å²) in [7, 11) is 4.69. The SMILES string of the molecule is CO[C@H]1C[C@H](O[C@H]2CC[C@@]3(COC(C)=O)C(CC[C@@H]4[C@@H]3CC[C@]3(C)[C@@H]5[C@H]6CO[C@]5(C)O[C@@]43O6)C2)O[C@H](C)[C@H]1OO[C@H]1C[C@H](OC)[C@H](O[C@H]2C[C@@H](O)[C@H](O[C@H]3C[C@H](O)[C@H](O[C@H]4C[C@@H](OC)[C@H](O[C@@H]5O[C@H](CO)[C@@H](O)[C@H](O)[C@H]5O)[C@@H](C)O4)[C@@H](C)O3)[C@@H](C)O2)[C@@H](C)O1. The van der Waals surface area contributed by atoms with Gasteiger partial charge < -0.3 is 116 Å². The summed E-state index contributed by atoms with van der Waals surface area (Å²) in [6.07, 6.45) is -14.7. The van der Waals surface area contributed by atoms with Crippen molar-refractivity contribution in [2.75, 3.05) is 41.2 Å². The number of ether oxygens (including phenoxy) is 18. The maximum Gasteiger partial charge on any atom is 0.302 e. The fraction of sp³-hybridized carbons (Fsp3) is 0.984. The molecular weight excluding hydrogens is 1180 g/mol. The van der Waals surface area contributed by atoms with Gasteiger partial charge in [-0.3, -0.25) is 4.79 Å². The number of aliphatic hydroxyl groups is 6. The molecule has 12 aliphatic rings. The van der Waals surface area contributed by atoms with Crippen molar-refractivity contribution in [3.63, 3.8) is 0 Å². The van der Waals surface area contributed by atoms with Gasteiger partial charge in [0.1, 0.15) is 54.9 Å². The van der Waals surface area contributed by atoms with Crippen molar-refractivity contribution in [1.29, 1.82) is 0 Å². The fourth-order valence-electron chi connectivity index (χ4n) is 18.4. The molecule has 27 heteroatoms. The average Bonchev–Trinajstić information content (AvgIpc) is 1.49. The molecule has 510 valence electrons. The van der Waals surface area contributed by atoms with Crippen LogP contribution in [-0.2, 0) is 99.8 Å². The highest BCUT2D eigenvalue weighted by molar-refractivity contribution is 5.66. The third kappa shape index (κ3) is 12.5. The lowest BCUT2D eigenvalue weighted by Crippen LogP contribution is -2.63. The topological polar surface area (TPSA) is 323 Å². The molecule has 35 atom stereocenters. The van der Waals surface area contributed by atoms with E-state index in [0.717, 1.165) is 44.9 Å². The number of carbonyl (C=O) groups is 1. The van der Waals surface area contributed by atoms with Gasteiger partial charge in [-0.05, 0) is 98.3 Å². The predicted octanol–water partition coefficient (Wildman–Crippen LogP) is 2.13. The largest absolute Gasteiger partial charge is 0.465 e. The second kappa shape index (κ2) is 26.8. The van der Waals surface area contributed by atoms with Crippen molar-refractivity contribution in [3.8, 4) is 0 Å². The van der Waals surface area contributed by atoms with Crippen molar-refractivity contribution < 1.29 is 130 Å². The number of esters is 1. The Hall–Kier alpha value is -1.53. The summed E-state index contributed by atoms with van der Waals surface area (Å²) in [4.78, 5) is 24.6. The second-order valence-electron chi connectivity index (χ2n) is 28.0. The van der Waals surface area contributed by atoms with Crippen LogP contribution >= 0.6 is 0 Å². The first-order valence-corrected chi connectivity index (χ1v) is 32.7. The summed E-state index contributed by atoms with van der Waals surface area (Å²) in [5.41, 5.74) is -0.364. The number of hydrogen-bond acceptors (Lipinski definition) is 27. The number of hydrogen-bond donors (Lipinski definition) is 6. The average molecular weight is 1280 g/mol. The van der Waals surface area contributed by atoms with E-state index in [1.165, 1.54) is 14.0 Å². The van der Waals surface area contributed by atoms with E-state index < -0.39 is 172 Å². The Morgan fingerprint density at radius 1 is 0.551 bits per heavy atom. The lowest BCUT2D eigenvalue weighted by Gasteiger charge is -2.62. The van der Waals surface area contributed by atoms with Gasteiger partial charge in [-0.1, -0.05) is 6.92 Å². The van der Waals surface area contributed by atoms with Gasteiger partial charge in [0.05, 0.1) is 99.0 Å². The zero-order chi connectivity index (χ0) is 63.2. The summed E-state index contributed by atoms with van der Waals surface area (Å²) in [6.45, 7) is 15.2. The monoisotopic (exact) mass is 1280 g/mol. The Kier molecular flexibility index (Phi) is 20.3. The molecule has 3 saturated carbocycles. The summed E-state index contributed by atoms with van der Waals surface area (Å²) >= 11 is 0. The minimum absolute atomic E-state index is 0.00712. The van der Waals surface area contributed by atoms with Crippen molar-refractivity contribution in [2.45, 2.75) is 310 Å². The van der Waals surface area contributed by atoms with Gasteiger partial charge in [-0.2, -0.15) is 0 Å². The van der Waals surface area contributed by atoms with Crippen molar-refractivity contribution in [3.05, 3.63) is 0 Å². The third-order valence-electron chi connectivity index (χ3n) is 22.7. The molecule has 27 nitrogen and oxygen atoms in total. The summed E-state index contributed by atoms with van der Waals surface area (Å²) in [6, 6.07) is 0. The Balaban J connectivity index is 0.582. The van der Waals surface area contributed by atoms with Gasteiger partial charge in [0.2, 0.25) is 0 Å². The van der Waals surface area contributed by atoms with Crippen LogP contribution in [0.3, 0.4) is 0 Å². The van der Waals surface area contributed by atoms with Gasteiger partial charge in [0, 0.05) is 77.1 Å². The number of fused-ring (bicyclic) bond motifs is 3. The molecule has 12 fully saturated rings. The van der Waals surface area contributed by atoms with Crippen LogP contribution in [0.2, 0.25) is 0 Å². The van der Waals surface area contributed by atoms with Crippen LogP contribution in [0.15, 0.2) is 0 Å². The Morgan fingerprint density at radius 3 is 1.67 bits per heavy atom. The van der Waals surface area contributed by atoms with E-state index in [9.17, 15) is 35.4 Å². The smallest absolute Gasteiger partial charge is 0.302 e. The summed E-state index contributed by atoms with van der Waals surface area (Å²) < 4.78 is 113. The molecule has 0 aromatic rings. The van der Waals surface area contributed by atoms with Gasteiger partial charge >= 0.3 is 5.97 Å². The Labute approximate surface area is 520 Å².